The number of anilines is 1. The Kier molecular flexibility index (Phi) is 6.38. The van der Waals surface area contributed by atoms with E-state index in [2.05, 4.69) is 15.6 Å². The summed E-state index contributed by atoms with van der Waals surface area (Å²) in [6.45, 7) is 1.22. The van der Waals surface area contributed by atoms with Gasteiger partial charge in [0.25, 0.3) is 0 Å². The highest BCUT2D eigenvalue weighted by molar-refractivity contribution is 6.30. The average molecular weight is 276 g/mol. The highest BCUT2D eigenvalue weighted by Gasteiger charge is 2.05. The van der Waals surface area contributed by atoms with Gasteiger partial charge in [-0.25, -0.2) is 9.37 Å². The van der Waals surface area contributed by atoms with Gasteiger partial charge in [-0.15, -0.1) is 0 Å². The van der Waals surface area contributed by atoms with Gasteiger partial charge in [-0.1, -0.05) is 11.6 Å². The summed E-state index contributed by atoms with van der Waals surface area (Å²) in [6, 6.07) is 1.16. The zero-order chi connectivity index (χ0) is 13.4. The SMILES string of the molecule is COCCNC(=O)CCNc1ncc(Cl)cc1F. The number of halogens is 2. The zero-order valence-corrected chi connectivity index (χ0v) is 10.8. The summed E-state index contributed by atoms with van der Waals surface area (Å²) in [7, 11) is 1.56. The molecule has 18 heavy (non-hydrogen) atoms. The Balaban J connectivity index is 2.26. The first kappa shape index (κ1) is 14.7. The van der Waals surface area contributed by atoms with Crippen molar-refractivity contribution in [3.8, 4) is 0 Å². The van der Waals surface area contributed by atoms with Gasteiger partial charge in [0.1, 0.15) is 0 Å². The van der Waals surface area contributed by atoms with Crippen LogP contribution in [0.1, 0.15) is 6.42 Å². The number of carbonyl (C=O) groups excluding carboxylic acids is 1. The number of amides is 1. The third-order valence-electron chi connectivity index (χ3n) is 2.08. The third-order valence-corrected chi connectivity index (χ3v) is 2.29. The molecule has 0 aromatic carbocycles. The van der Waals surface area contributed by atoms with Gasteiger partial charge < -0.3 is 15.4 Å². The molecule has 0 aliphatic heterocycles. The van der Waals surface area contributed by atoms with Crippen molar-refractivity contribution in [2.75, 3.05) is 32.1 Å². The minimum absolute atomic E-state index is 0.0871. The number of aromatic nitrogens is 1. The van der Waals surface area contributed by atoms with Gasteiger partial charge >= 0.3 is 0 Å². The lowest BCUT2D eigenvalue weighted by Crippen LogP contribution is -2.28. The second-order valence-electron chi connectivity index (χ2n) is 3.50. The van der Waals surface area contributed by atoms with Gasteiger partial charge in [-0.05, 0) is 6.07 Å². The molecular weight excluding hydrogens is 261 g/mol. The highest BCUT2D eigenvalue weighted by Crippen LogP contribution is 2.15. The van der Waals surface area contributed by atoms with Crippen LogP contribution < -0.4 is 10.6 Å². The van der Waals surface area contributed by atoms with Crippen molar-refractivity contribution in [3.05, 3.63) is 23.1 Å². The number of hydrogen-bond donors (Lipinski definition) is 2. The van der Waals surface area contributed by atoms with Crippen molar-refractivity contribution in [2.24, 2.45) is 0 Å². The van der Waals surface area contributed by atoms with Crippen LogP contribution in [0.3, 0.4) is 0 Å². The first-order valence-electron chi connectivity index (χ1n) is 5.44. The van der Waals surface area contributed by atoms with Crippen LogP contribution in [0, 0.1) is 5.82 Å². The number of methoxy groups -OCH3 is 1. The smallest absolute Gasteiger partial charge is 0.221 e. The normalized spacial score (nSPS) is 10.2. The minimum atomic E-state index is -0.540. The lowest BCUT2D eigenvalue weighted by atomic mass is 10.3. The van der Waals surface area contributed by atoms with Gasteiger partial charge in [0.2, 0.25) is 5.91 Å². The predicted octanol–water partition coefficient (Wildman–Crippen LogP) is 1.44. The van der Waals surface area contributed by atoms with E-state index in [1.54, 1.807) is 7.11 Å². The Hall–Kier alpha value is -1.40. The summed E-state index contributed by atoms with van der Waals surface area (Å²) in [5.74, 6) is -0.583. The number of pyridine rings is 1. The molecule has 0 bridgehead atoms. The maximum absolute atomic E-state index is 13.3. The standard InChI is InChI=1S/C11H15ClFN3O2/c1-18-5-4-14-10(17)2-3-15-11-9(13)6-8(12)7-16-11/h6-7H,2-5H2,1H3,(H,14,17)(H,15,16). The summed E-state index contributed by atoms with van der Waals surface area (Å²) in [6.07, 6.45) is 1.57. The minimum Gasteiger partial charge on any atom is -0.383 e. The van der Waals surface area contributed by atoms with Crippen molar-refractivity contribution < 1.29 is 13.9 Å². The fraction of sp³-hybridized carbons (Fsp3) is 0.455. The van der Waals surface area contributed by atoms with E-state index in [0.717, 1.165) is 6.07 Å². The topological polar surface area (TPSA) is 63.2 Å². The third kappa shape index (κ3) is 5.29. The molecule has 0 radical (unpaired) electrons. The van der Waals surface area contributed by atoms with E-state index in [1.165, 1.54) is 6.20 Å². The molecule has 1 rings (SSSR count). The quantitative estimate of drug-likeness (QED) is 0.739. The summed E-state index contributed by atoms with van der Waals surface area (Å²) >= 11 is 5.57. The molecule has 1 heterocycles. The molecular formula is C11H15ClFN3O2. The molecule has 100 valence electrons. The van der Waals surface area contributed by atoms with Crippen molar-refractivity contribution in [2.45, 2.75) is 6.42 Å². The van der Waals surface area contributed by atoms with Crippen molar-refractivity contribution in [3.63, 3.8) is 0 Å². The van der Waals surface area contributed by atoms with Crippen LogP contribution in [-0.2, 0) is 9.53 Å². The van der Waals surface area contributed by atoms with Crippen LogP contribution in [0.15, 0.2) is 12.3 Å². The molecule has 1 aromatic rings. The Morgan fingerprint density at radius 1 is 1.56 bits per heavy atom. The number of rotatable bonds is 7. The van der Waals surface area contributed by atoms with Crippen molar-refractivity contribution in [1.82, 2.24) is 10.3 Å². The summed E-state index contributed by atoms with van der Waals surface area (Å²) < 4.78 is 18.1. The molecule has 0 atom stereocenters. The summed E-state index contributed by atoms with van der Waals surface area (Å²) in [5, 5.41) is 5.61. The maximum atomic E-state index is 13.3. The Labute approximate surface area is 110 Å². The Morgan fingerprint density at radius 3 is 3.00 bits per heavy atom. The van der Waals surface area contributed by atoms with E-state index in [-0.39, 0.29) is 23.2 Å². The van der Waals surface area contributed by atoms with Crippen molar-refractivity contribution in [1.29, 1.82) is 0 Å². The van der Waals surface area contributed by atoms with E-state index >= 15 is 0 Å². The van der Waals surface area contributed by atoms with E-state index in [1.807, 2.05) is 0 Å². The Morgan fingerprint density at radius 2 is 2.33 bits per heavy atom. The first-order chi connectivity index (χ1) is 8.63. The molecule has 0 saturated carbocycles. The number of carbonyl (C=O) groups is 1. The van der Waals surface area contributed by atoms with Gasteiger partial charge in [0, 0.05) is 32.8 Å². The van der Waals surface area contributed by atoms with Crippen LogP contribution in [0.5, 0.6) is 0 Å². The molecule has 0 aliphatic carbocycles. The molecule has 2 N–H and O–H groups in total. The number of hydrogen-bond acceptors (Lipinski definition) is 4. The zero-order valence-electron chi connectivity index (χ0n) is 10.0. The van der Waals surface area contributed by atoms with E-state index in [4.69, 9.17) is 16.3 Å². The van der Waals surface area contributed by atoms with Crippen LogP contribution in [0.4, 0.5) is 10.2 Å². The molecule has 0 unspecified atom stereocenters. The van der Waals surface area contributed by atoms with Crippen LogP contribution in [0.25, 0.3) is 0 Å². The first-order valence-corrected chi connectivity index (χ1v) is 5.82. The fourth-order valence-corrected chi connectivity index (χ4v) is 1.36. The van der Waals surface area contributed by atoms with E-state index in [0.29, 0.717) is 19.7 Å². The number of ether oxygens (including phenoxy) is 1. The fourth-order valence-electron chi connectivity index (χ4n) is 1.22. The monoisotopic (exact) mass is 275 g/mol. The van der Waals surface area contributed by atoms with Crippen LogP contribution in [-0.4, -0.2) is 37.7 Å². The molecule has 7 heteroatoms. The Bertz CT molecular complexity index is 404. The lowest BCUT2D eigenvalue weighted by molar-refractivity contribution is -0.121. The largest absolute Gasteiger partial charge is 0.383 e. The maximum Gasteiger partial charge on any atom is 0.221 e. The molecule has 5 nitrogen and oxygen atoms in total. The van der Waals surface area contributed by atoms with Crippen LogP contribution in [0.2, 0.25) is 5.02 Å². The van der Waals surface area contributed by atoms with Gasteiger partial charge in [0.15, 0.2) is 11.6 Å². The predicted molar refractivity (Wildman–Crippen MR) is 67.2 cm³/mol. The second kappa shape index (κ2) is 7.84. The number of nitrogens with zero attached hydrogens (tertiary/aromatic N) is 1. The molecule has 1 aromatic heterocycles. The second-order valence-corrected chi connectivity index (χ2v) is 3.94. The van der Waals surface area contributed by atoms with Gasteiger partial charge in [-0.3, -0.25) is 4.79 Å². The molecule has 1 amide bonds. The van der Waals surface area contributed by atoms with Gasteiger partial charge in [0.05, 0.1) is 11.6 Å². The van der Waals surface area contributed by atoms with Crippen molar-refractivity contribution >= 4 is 23.3 Å². The summed E-state index contributed by atoms with van der Waals surface area (Å²) in [5.41, 5.74) is 0. The molecule has 0 fully saturated rings. The molecule has 0 spiro atoms. The highest BCUT2D eigenvalue weighted by atomic mass is 35.5. The lowest BCUT2D eigenvalue weighted by Gasteiger charge is -2.07. The van der Waals surface area contributed by atoms with Gasteiger partial charge in [-0.2, -0.15) is 0 Å². The average Bonchev–Trinajstić information content (AvgIpc) is 2.32. The molecule has 0 aliphatic rings. The van der Waals surface area contributed by atoms with E-state index in [9.17, 15) is 9.18 Å². The molecule has 0 saturated heterocycles. The number of nitrogens with one attached hydrogen (secondary N) is 2. The summed E-state index contributed by atoms with van der Waals surface area (Å²) in [4.78, 5) is 15.1. The van der Waals surface area contributed by atoms with Crippen LogP contribution >= 0.6 is 11.6 Å². The van der Waals surface area contributed by atoms with E-state index < -0.39 is 5.82 Å².